The van der Waals surface area contributed by atoms with Crippen molar-refractivity contribution in [2.45, 2.75) is 6.92 Å². The lowest BCUT2D eigenvalue weighted by Gasteiger charge is -2.12. The van der Waals surface area contributed by atoms with E-state index in [-0.39, 0.29) is 0 Å². The van der Waals surface area contributed by atoms with Crippen LogP contribution in [0.1, 0.15) is 5.56 Å². The van der Waals surface area contributed by atoms with Crippen molar-refractivity contribution in [1.82, 2.24) is 9.97 Å². The Labute approximate surface area is 115 Å². The summed E-state index contributed by atoms with van der Waals surface area (Å²) in [6, 6.07) is 5.38. The third kappa shape index (κ3) is 2.86. The zero-order valence-corrected chi connectivity index (χ0v) is 11.3. The van der Waals surface area contributed by atoms with Crippen LogP contribution in [-0.2, 0) is 0 Å². The van der Waals surface area contributed by atoms with E-state index in [1.165, 1.54) is 6.33 Å². The topological polar surface area (TPSA) is 85.1 Å². The number of nitrogen functional groups attached to an aromatic ring is 1. The van der Waals surface area contributed by atoms with Crippen LogP contribution >= 0.6 is 11.6 Å². The standard InChI is InChI=1S/C12H14ClN5O/c1-7-11(15-6-16-12(7)18-14)17-8-3-4-9(13)10(5-8)19-2/h3-6H,14H2,1-2H3,(H2,15,16,17,18). The van der Waals surface area contributed by atoms with Crippen LogP contribution < -0.4 is 21.3 Å². The van der Waals surface area contributed by atoms with Gasteiger partial charge in [0, 0.05) is 17.3 Å². The normalized spacial score (nSPS) is 10.1. The molecule has 1 heterocycles. The largest absolute Gasteiger partial charge is 0.495 e. The third-order valence-electron chi connectivity index (χ3n) is 2.63. The molecule has 0 unspecified atom stereocenters. The van der Waals surface area contributed by atoms with Gasteiger partial charge in [0.05, 0.1) is 12.1 Å². The number of nitrogens with one attached hydrogen (secondary N) is 2. The van der Waals surface area contributed by atoms with Gasteiger partial charge in [-0.1, -0.05) is 11.6 Å². The number of halogens is 1. The summed E-state index contributed by atoms with van der Waals surface area (Å²) in [5.41, 5.74) is 4.15. The number of hydrogen-bond donors (Lipinski definition) is 3. The molecule has 2 aromatic rings. The number of ether oxygens (including phenoxy) is 1. The summed E-state index contributed by atoms with van der Waals surface area (Å²) in [5, 5.41) is 3.72. The first kappa shape index (κ1) is 13.4. The molecule has 0 amide bonds. The fourth-order valence-corrected chi connectivity index (χ4v) is 1.79. The van der Waals surface area contributed by atoms with Gasteiger partial charge in [0.1, 0.15) is 23.7 Å². The lowest BCUT2D eigenvalue weighted by molar-refractivity contribution is 0.415. The van der Waals surface area contributed by atoms with E-state index >= 15 is 0 Å². The summed E-state index contributed by atoms with van der Waals surface area (Å²) in [6.45, 7) is 1.87. The highest BCUT2D eigenvalue weighted by Crippen LogP contribution is 2.29. The van der Waals surface area contributed by atoms with Crippen LogP contribution in [0.5, 0.6) is 5.75 Å². The van der Waals surface area contributed by atoms with Crippen LogP contribution in [0, 0.1) is 6.92 Å². The first-order valence-electron chi connectivity index (χ1n) is 5.54. The number of nitrogens with two attached hydrogens (primary N) is 1. The average molecular weight is 280 g/mol. The number of benzene rings is 1. The smallest absolute Gasteiger partial charge is 0.148 e. The van der Waals surface area contributed by atoms with Crippen molar-refractivity contribution in [2.24, 2.45) is 5.84 Å². The van der Waals surface area contributed by atoms with E-state index in [1.54, 1.807) is 19.2 Å². The minimum absolute atomic E-state index is 0.553. The van der Waals surface area contributed by atoms with Crippen LogP contribution in [0.2, 0.25) is 5.02 Å². The number of hydrazine groups is 1. The fraction of sp³-hybridized carbons (Fsp3) is 0.167. The van der Waals surface area contributed by atoms with Gasteiger partial charge in [0.15, 0.2) is 0 Å². The molecule has 1 aromatic heterocycles. The minimum atomic E-state index is 0.553. The van der Waals surface area contributed by atoms with Crippen LogP contribution in [0.25, 0.3) is 0 Å². The molecule has 7 heteroatoms. The molecule has 1 aromatic carbocycles. The number of rotatable bonds is 4. The average Bonchev–Trinajstić information content (AvgIpc) is 2.43. The highest BCUT2D eigenvalue weighted by atomic mass is 35.5. The third-order valence-corrected chi connectivity index (χ3v) is 2.95. The van der Waals surface area contributed by atoms with Gasteiger partial charge in [-0.25, -0.2) is 15.8 Å². The van der Waals surface area contributed by atoms with Gasteiger partial charge in [-0.15, -0.1) is 0 Å². The summed E-state index contributed by atoms with van der Waals surface area (Å²) in [7, 11) is 1.57. The lowest BCUT2D eigenvalue weighted by atomic mass is 10.2. The van der Waals surface area contributed by atoms with E-state index in [2.05, 4.69) is 20.7 Å². The Morgan fingerprint density at radius 2 is 2.00 bits per heavy atom. The number of nitrogens with zero attached hydrogens (tertiary/aromatic N) is 2. The van der Waals surface area contributed by atoms with Crippen LogP contribution in [0.3, 0.4) is 0 Å². The summed E-state index contributed by atoms with van der Waals surface area (Å²) in [6.07, 6.45) is 1.43. The van der Waals surface area contributed by atoms with Crippen LogP contribution in [-0.4, -0.2) is 17.1 Å². The van der Waals surface area contributed by atoms with E-state index in [0.29, 0.717) is 22.4 Å². The second-order valence-corrected chi connectivity index (χ2v) is 4.22. The first-order valence-corrected chi connectivity index (χ1v) is 5.92. The molecule has 4 N–H and O–H groups in total. The number of methoxy groups -OCH3 is 1. The fourth-order valence-electron chi connectivity index (χ4n) is 1.60. The van der Waals surface area contributed by atoms with Gasteiger partial charge >= 0.3 is 0 Å². The maximum Gasteiger partial charge on any atom is 0.148 e. The Hall–Kier alpha value is -2.05. The summed E-state index contributed by atoms with van der Waals surface area (Å²) in [4.78, 5) is 8.18. The molecule has 0 aliphatic rings. The number of anilines is 3. The van der Waals surface area contributed by atoms with Gasteiger partial charge in [-0.2, -0.15) is 0 Å². The lowest BCUT2D eigenvalue weighted by Crippen LogP contribution is -2.11. The molecule has 0 bridgehead atoms. The Morgan fingerprint density at radius 3 is 2.68 bits per heavy atom. The SMILES string of the molecule is COc1cc(Nc2ncnc(NN)c2C)ccc1Cl. The van der Waals surface area contributed by atoms with E-state index in [9.17, 15) is 0 Å². The van der Waals surface area contributed by atoms with Gasteiger partial charge in [-0.3, -0.25) is 0 Å². The highest BCUT2D eigenvalue weighted by molar-refractivity contribution is 6.32. The molecule has 0 radical (unpaired) electrons. The van der Waals surface area contributed by atoms with Crippen molar-refractivity contribution in [3.63, 3.8) is 0 Å². The molecule has 19 heavy (non-hydrogen) atoms. The molecule has 0 aliphatic carbocycles. The predicted molar refractivity (Wildman–Crippen MR) is 75.9 cm³/mol. The molecule has 0 atom stereocenters. The Kier molecular flexibility index (Phi) is 4.03. The zero-order valence-electron chi connectivity index (χ0n) is 10.6. The maximum absolute atomic E-state index is 5.97. The maximum atomic E-state index is 5.97. The molecule has 100 valence electrons. The summed E-state index contributed by atoms with van der Waals surface area (Å²) < 4.78 is 5.16. The Morgan fingerprint density at radius 1 is 1.26 bits per heavy atom. The minimum Gasteiger partial charge on any atom is -0.495 e. The monoisotopic (exact) mass is 279 g/mol. The highest BCUT2D eigenvalue weighted by Gasteiger charge is 2.07. The second kappa shape index (κ2) is 5.73. The Balaban J connectivity index is 2.31. The van der Waals surface area contributed by atoms with Crippen molar-refractivity contribution in [1.29, 1.82) is 0 Å². The Bertz CT molecular complexity index is 590. The van der Waals surface area contributed by atoms with Crippen LogP contribution in [0.15, 0.2) is 24.5 Å². The molecular formula is C12H14ClN5O. The molecule has 0 spiro atoms. The summed E-state index contributed by atoms with van der Waals surface area (Å²) in [5.74, 6) is 7.19. The molecular weight excluding hydrogens is 266 g/mol. The first-order chi connectivity index (χ1) is 9.15. The van der Waals surface area contributed by atoms with E-state index in [4.69, 9.17) is 22.2 Å². The summed E-state index contributed by atoms with van der Waals surface area (Å²) >= 11 is 5.97. The van der Waals surface area contributed by atoms with Crippen molar-refractivity contribution < 1.29 is 4.74 Å². The number of aromatic nitrogens is 2. The predicted octanol–water partition coefficient (Wildman–Crippen LogP) is 2.48. The van der Waals surface area contributed by atoms with Crippen molar-refractivity contribution >= 4 is 28.9 Å². The molecule has 2 rings (SSSR count). The molecule has 0 aliphatic heterocycles. The quantitative estimate of drug-likeness (QED) is 0.589. The van der Waals surface area contributed by atoms with Gasteiger partial charge in [-0.05, 0) is 19.1 Å². The van der Waals surface area contributed by atoms with Gasteiger partial charge in [0.25, 0.3) is 0 Å². The van der Waals surface area contributed by atoms with Gasteiger partial charge in [0.2, 0.25) is 0 Å². The molecule has 0 saturated heterocycles. The van der Waals surface area contributed by atoms with E-state index in [0.717, 1.165) is 11.3 Å². The van der Waals surface area contributed by atoms with Gasteiger partial charge < -0.3 is 15.5 Å². The van der Waals surface area contributed by atoms with E-state index in [1.807, 2.05) is 13.0 Å². The van der Waals surface area contributed by atoms with Crippen molar-refractivity contribution in [3.8, 4) is 5.75 Å². The molecule has 0 saturated carbocycles. The van der Waals surface area contributed by atoms with Crippen molar-refractivity contribution in [2.75, 3.05) is 17.9 Å². The zero-order chi connectivity index (χ0) is 13.8. The second-order valence-electron chi connectivity index (χ2n) is 3.81. The van der Waals surface area contributed by atoms with Crippen LogP contribution in [0.4, 0.5) is 17.3 Å². The van der Waals surface area contributed by atoms with E-state index < -0.39 is 0 Å². The molecule has 0 fully saturated rings. The van der Waals surface area contributed by atoms with Crippen molar-refractivity contribution in [3.05, 3.63) is 35.1 Å². The number of hydrogen-bond acceptors (Lipinski definition) is 6. The molecule has 6 nitrogen and oxygen atoms in total.